The van der Waals surface area contributed by atoms with Crippen molar-refractivity contribution in [2.75, 3.05) is 6.61 Å². The van der Waals surface area contributed by atoms with Crippen LogP contribution in [0.4, 0.5) is 0 Å². The van der Waals surface area contributed by atoms with E-state index in [4.69, 9.17) is 11.2 Å². The van der Waals surface area contributed by atoms with E-state index < -0.39 is 17.4 Å². The second-order valence-corrected chi connectivity index (χ2v) is 4.57. The van der Waals surface area contributed by atoms with Gasteiger partial charge in [-0.05, 0) is 11.1 Å². The van der Waals surface area contributed by atoms with Gasteiger partial charge in [0.05, 0.1) is 0 Å². The molecule has 0 heterocycles. The molecular formula is C18H14O4. The maximum atomic E-state index is 12.6. The highest BCUT2D eigenvalue weighted by atomic mass is 16.5. The maximum absolute atomic E-state index is 12.6. The first-order chi connectivity index (χ1) is 10.6. The molecule has 0 fully saturated rings. The van der Waals surface area contributed by atoms with Gasteiger partial charge in [0, 0.05) is 0 Å². The molecule has 0 spiro atoms. The van der Waals surface area contributed by atoms with E-state index >= 15 is 0 Å². The number of carboxylic acid groups (broad SMARTS) is 1. The summed E-state index contributed by atoms with van der Waals surface area (Å²) < 4.78 is 4.97. The van der Waals surface area contributed by atoms with Crippen molar-refractivity contribution in [1.82, 2.24) is 0 Å². The molecule has 0 amide bonds. The van der Waals surface area contributed by atoms with Crippen LogP contribution in [0.1, 0.15) is 11.1 Å². The summed E-state index contributed by atoms with van der Waals surface area (Å²) in [4.78, 5) is 24.6. The lowest BCUT2D eigenvalue weighted by Gasteiger charge is -2.28. The summed E-state index contributed by atoms with van der Waals surface area (Å²) in [7, 11) is 0. The van der Waals surface area contributed by atoms with E-state index in [2.05, 4.69) is 5.92 Å². The van der Waals surface area contributed by atoms with Crippen molar-refractivity contribution in [3.05, 3.63) is 71.8 Å². The van der Waals surface area contributed by atoms with Gasteiger partial charge in [-0.3, -0.25) is 9.59 Å². The third kappa shape index (κ3) is 2.57. The monoisotopic (exact) mass is 294 g/mol. The Morgan fingerprint density at radius 3 is 1.82 bits per heavy atom. The molecule has 110 valence electrons. The van der Waals surface area contributed by atoms with Crippen molar-refractivity contribution in [2.24, 2.45) is 0 Å². The van der Waals surface area contributed by atoms with Crippen LogP contribution < -0.4 is 0 Å². The number of carbonyl (C=O) groups excluding carboxylic acids is 1. The van der Waals surface area contributed by atoms with Gasteiger partial charge in [0.15, 0.2) is 6.61 Å². The number of esters is 1. The topological polar surface area (TPSA) is 63.6 Å². The minimum absolute atomic E-state index is 0.284. The standard InChI is InChI=1S/C18H14O4/c1-2-13-22-17(21)18(16(19)20,14-9-5-3-6-10-14)15-11-7-4-8-12-15/h1,3-12H,13H2,(H,19,20). The van der Waals surface area contributed by atoms with Crippen LogP contribution in [0.3, 0.4) is 0 Å². The zero-order chi connectivity index (χ0) is 16.0. The molecule has 4 nitrogen and oxygen atoms in total. The Bertz CT molecular complexity index is 659. The Hall–Kier alpha value is -3.06. The summed E-state index contributed by atoms with van der Waals surface area (Å²) >= 11 is 0. The lowest BCUT2D eigenvalue weighted by atomic mass is 9.74. The summed E-state index contributed by atoms with van der Waals surface area (Å²) in [5.41, 5.74) is -1.31. The molecule has 0 saturated carbocycles. The van der Waals surface area contributed by atoms with Crippen molar-refractivity contribution >= 4 is 11.9 Å². The molecule has 2 rings (SSSR count). The molecule has 0 atom stereocenters. The molecule has 0 radical (unpaired) electrons. The average molecular weight is 294 g/mol. The predicted molar refractivity (Wildman–Crippen MR) is 81.1 cm³/mol. The van der Waals surface area contributed by atoms with Crippen LogP contribution in [0.25, 0.3) is 0 Å². The third-order valence-electron chi connectivity index (χ3n) is 3.33. The van der Waals surface area contributed by atoms with E-state index in [0.717, 1.165) is 0 Å². The SMILES string of the molecule is C#CCOC(=O)C(C(=O)O)(c1ccccc1)c1ccccc1. The highest BCUT2D eigenvalue weighted by Gasteiger charge is 2.51. The molecule has 2 aromatic rings. The summed E-state index contributed by atoms with van der Waals surface area (Å²) in [6, 6.07) is 16.5. The van der Waals surface area contributed by atoms with E-state index in [1.54, 1.807) is 60.7 Å². The fraction of sp³-hybridized carbons (Fsp3) is 0.111. The second kappa shape index (κ2) is 6.59. The summed E-state index contributed by atoms with van der Waals surface area (Å²) in [5.74, 6) is -0.0436. The van der Waals surface area contributed by atoms with Gasteiger partial charge in [-0.25, -0.2) is 0 Å². The lowest BCUT2D eigenvalue weighted by Crippen LogP contribution is -2.46. The van der Waals surface area contributed by atoms with Crippen molar-refractivity contribution in [3.63, 3.8) is 0 Å². The number of carboxylic acids is 1. The number of rotatable bonds is 5. The Morgan fingerprint density at radius 2 is 1.45 bits per heavy atom. The van der Waals surface area contributed by atoms with E-state index in [0.29, 0.717) is 11.1 Å². The Balaban J connectivity index is 2.69. The molecule has 0 aromatic heterocycles. The van der Waals surface area contributed by atoms with Crippen LogP contribution in [0.5, 0.6) is 0 Å². The Kier molecular flexibility index (Phi) is 4.60. The van der Waals surface area contributed by atoms with Gasteiger partial charge in [0.2, 0.25) is 5.41 Å². The van der Waals surface area contributed by atoms with Crippen LogP contribution in [0.2, 0.25) is 0 Å². The lowest BCUT2D eigenvalue weighted by molar-refractivity contribution is -0.158. The van der Waals surface area contributed by atoms with Crippen molar-refractivity contribution in [1.29, 1.82) is 0 Å². The molecule has 0 aliphatic carbocycles. The number of carbonyl (C=O) groups is 2. The van der Waals surface area contributed by atoms with Crippen LogP contribution in [0.15, 0.2) is 60.7 Å². The summed E-state index contributed by atoms with van der Waals surface area (Å²) in [6.45, 7) is -0.284. The maximum Gasteiger partial charge on any atom is 0.333 e. The molecule has 0 unspecified atom stereocenters. The number of hydrogen-bond acceptors (Lipinski definition) is 3. The van der Waals surface area contributed by atoms with E-state index in [9.17, 15) is 14.7 Å². The molecule has 0 aliphatic rings. The first-order valence-electron chi connectivity index (χ1n) is 6.59. The van der Waals surface area contributed by atoms with E-state index in [-0.39, 0.29) is 6.61 Å². The first kappa shape index (κ1) is 15.3. The number of terminal acetylenes is 1. The molecule has 4 heteroatoms. The van der Waals surface area contributed by atoms with Crippen molar-refractivity contribution in [2.45, 2.75) is 5.41 Å². The van der Waals surface area contributed by atoms with Crippen LogP contribution in [-0.4, -0.2) is 23.7 Å². The molecule has 1 N–H and O–H groups in total. The second-order valence-electron chi connectivity index (χ2n) is 4.57. The predicted octanol–water partition coefficient (Wildman–Crippen LogP) is 2.23. The molecule has 2 aromatic carbocycles. The quantitative estimate of drug-likeness (QED) is 0.522. The normalized spacial score (nSPS) is 10.5. The van der Waals surface area contributed by atoms with E-state index in [1.165, 1.54) is 0 Å². The fourth-order valence-corrected chi connectivity index (χ4v) is 2.33. The minimum Gasteiger partial charge on any atom is -0.480 e. The van der Waals surface area contributed by atoms with Crippen LogP contribution >= 0.6 is 0 Å². The van der Waals surface area contributed by atoms with Gasteiger partial charge in [0.25, 0.3) is 0 Å². The Morgan fingerprint density at radius 1 is 1.00 bits per heavy atom. The molecular weight excluding hydrogens is 280 g/mol. The molecule has 22 heavy (non-hydrogen) atoms. The minimum atomic E-state index is -1.95. The van der Waals surface area contributed by atoms with E-state index in [1.807, 2.05) is 0 Å². The fourth-order valence-electron chi connectivity index (χ4n) is 2.33. The molecule has 0 aliphatic heterocycles. The van der Waals surface area contributed by atoms with Crippen LogP contribution in [-0.2, 0) is 19.7 Å². The van der Waals surface area contributed by atoms with Gasteiger partial charge in [-0.1, -0.05) is 66.6 Å². The van der Waals surface area contributed by atoms with Crippen molar-refractivity contribution in [3.8, 4) is 12.3 Å². The average Bonchev–Trinajstić information content (AvgIpc) is 2.55. The zero-order valence-corrected chi connectivity index (χ0v) is 11.7. The smallest absolute Gasteiger partial charge is 0.333 e. The number of ether oxygens (including phenoxy) is 1. The first-order valence-corrected chi connectivity index (χ1v) is 6.59. The van der Waals surface area contributed by atoms with Gasteiger partial charge in [-0.2, -0.15) is 0 Å². The van der Waals surface area contributed by atoms with Crippen LogP contribution in [0, 0.1) is 12.3 Å². The third-order valence-corrected chi connectivity index (χ3v) is 3.33. The molecule has 0 saturated heterocycles. The van der Waals surface area contributed by atoms with Gasteiger partial charge < -0.3 is 9.84 Å². The van der Waals surface area contributed by atoms with Gasteiger partial charge in [0.1, 0.15) is 0 Å². The number of aliphatic carboxylic acids is 1. The number of hydrogen-bond donors (Lipinski definition) is 1. The Labute approximate surface area is 128 Å². The van der Waals surface area contributed by atoms with Gasteiger partial charge >= 0.3 is 11.9 Å². The highest BCUT2D eigenvalue weighted by molar-refractivity contribution is 6.09. The van der Waals surface area contributed by atoms with Crippen molar-refractivity contribution < 1.29 is 19.4 Å². The zero-order valence-electron chi connectivity index (χ0n) is 11.7. The number of benzene rings is 2. The summed E-state index contributed by atoms with van der Waals surface area (Å²) in [5, 5.41) is 9.85. The van der Waals surface area contributed by atoms with Gasteiger partial charge in [-0.15, -0.1) is 6.42 Å². The summed E-state index contributed by atoms with van der Waals surface area (Å²) in [6.07, 6.45) is 5.10. The molecule has 0 bridgehead atoms. The largest absolute Gasteiger partial charge is 0.480 e. The highest BCUT2D eigenvalue weighted by Crippen LogP contribution is 2.34.